The number of aromatic nitrogens is 1. The first-order valence-corrected chi connectivity index (χ1v) is 8.38. The highest BCUT2D eigenvalue weighted by Gasteiger charge is 2.57. The molecule has 1 aromatic heterocycles. The molecular weight excluding hydrogens is 308 g/mol. The second kappa shape index (κ2) is 5.53. The Morgan fingerprint density at radius 1 is 1.25 bits per heavy atom. The summed E-state index contributed by atoms with van der Waals surface area (Å²) in [6, 6.07) is 3.72. The summed E-state index contributed by atoms with van der Waals surface area (Å²) in [6.45, 7) is 4.70. The summed E-state index contributed by atoms with van der Waals surface area (Å²) in [4.78, 5) is 34.5. The topological polar surface area (TPSA) is 77.0 Å². The standard InChI is InChI=1S/C17H22N4O3/c1-12(22)19-7-14-5-15(23)8-21(14)17(9-19)10-20(11-17)16(24)13-3-2-4-18-6-13/h2-4,6,14-15,23H,5,7-11H2,1H3/t14-,15-/m1/s1. The molecule has 128 valence electrons. The number of carbonyl (C=O) groups excluding carboxylic acids is 2. The van der Waals surface area contributed by atoms with Crippen molar-refractivity contribution < 1.29 is 14.7 Å². The molecule has 3 saturated heterocycles. The smallest absolute Gasteiger partial charge is 0.255 e. The molecule has 7 heteroatoms. The van der Waals surface area contributed by atoms with E-state index in [2.05, 4.69) is 9.88 Å². The van der Waals surface area contributed by atoms with E-state index in [9.17, 15) is 14.7 Å². The third-order valence-corrected chi connectivity index (χ3v) is 5.53. The molecule has 0 aromatic carbocycles. The zero-order valence-corrected chi connectivity index (χ0v) is 13.8. The van der Waals surface area contributed by atoms with E-state index in [1.807, 2.05) is 9.80 Å². The van der Waals surface area contributed by atoms with Crippen LogP contribution in [-0.2, 0) is 4.79 Å². The van der Waals surface area contributed by atoms with Gasteiger partial charge in [-0.05, 0) is 18.6 Å². The van der Waals surface area contributed by atoms with Crippen LogP contribution in [0.5, 0.6) is 0 Å². The van der Waals surface area contributed by atoms with Crippen molar-refractivity contribution in [3.05, 3.63) is 30.1 Å². The maximum absolute atomic E-state index is 12.6. The summed E-state index contributed by atoms with van der Waals surface area (Å²) in [6.07, 6.45) is 3.58. The molecular formula is C17H22N4O3. The Balaban J connectivity index is 1.52. The summed E-state index contributed by atoms with van der Waals surface area (Å²) < 4.78 is 0. The fourth-order valence-corrected chi connectivity index (χ4v) is 4.41. The molecule has 4 heterocycles. The lowest BCUT2D eigenvalue weighted by molar-refractivity contribution is -0.144. The molecule has 7 nitrogen and oxygen atoms in total. The van der Waals surface area contributed by atoms with Crippen LogP contribution < -0.4 is 0 Å². The van der Waals surface area contributed by atoms with Crippen molar-refractivity contribution in [2.75, 3.05) is 32.7 Å². The Labute approximate surface area is 140 Å². The van der Waals surface area contributed by atoms with E-state index in [0.29, 0.717) is 44.7 Å². The van der Waals surface area contributed by atoms with Gasteiger partial charge in [-0.1, -0.05) is 0 Å². The second-order valence-corrected chi connectivity index (χ2v) is 7.22. The predicted octanol–water partition coefficient (Wildman–Crippen LogP) is -0.426. The molecule has 0 aliphatic carbocycles. The largest absolute Gasteiger partial charge is 0.392 e. The number of likely N-dealkylation sites (tertiary alicyclic amines) is 1. The van der Waals surface area contributed by atoms with E-state index in [1.165, 1.54) is 0 Å². The average molecular weight is 330 g/mol. The Bertz CT molecular complexity index is 659. The number of hydrogen-bond acceptors (Lipinski definition) is 5. The lowest BCUT2D eigenvalue weighted by Gasteiger charge is -2.60. The number of β-amino-alcohol motifs (C(OH)–C–C–N with tert-alkyl or cyclic N) is 1. The SMILES string of the molecule is CC(=O)N1C[C@H]2C[C@@H](O)CN2C2(C1)CN(C(=O)c1cccnc1)C2. The van der Waals surface area contributed by atoms with Crippen LogP contribution in [0.1, 0.15) is 23.7 Å². The van der Waals surface area contributed by atoms with Gasteiger partial charge in [-0.15, -0.1) is 0 Å². The van der Waals surface area contributed by atoms with Gasteiger partial charge < -0.3 is 14.9 Å². The molecule has 3 aliphatic heterocycles. The monoisotopic (exact) mass is 330 g/mol. The molecule has 3 fully saturated rings. The number of aliphatic hydroxyl groups is 1. The lowest BCUT2D eigenvalue weighted by Crippen LogP contribution is -2.79. The minimum absolute atomic E-state index is 0.0232. The van der Waals surface area contributed by atoms with E-state index in [4.69, 9.17) is 0 Å². The summed E-state index contributed by atoms with van der Waals surface area (Å²) in [7, 11) is 0. The highest BCUT2D eigenvalue weighted by Crippen LogP contribution is 2.39. The molecule has 0 saturated carbocycles. The maximum Gasteiger partial charge on any atom is 0.255 e. The van der Waals surface area contributed by atoms with E-state index in [-0.39, 0.29) is 29.5 Å². The number of hydrogen-bond donors (Lipinski definition) is 1. The zero-order chi connectivity index (χ0) is 16.9. The first-order valence-electron chi connectivity index (χ1n) is 8.38. The van der Waals surface area contributed by atoms with Crippen LogP contribution in [0, 0.1) is 0 Å². The lowest BCUT2D eigenvalue weighted by atomic mass is 9.83. The number of rotatable bonds is 1. The predicted molar refractivity (Wildman–Crippen MR) is 86.2 cm³/mol. The Hall–Kier alpha value is -1.99. The zero-order valence-electron chi connectivity index (χ0n) is 13.8. The van der Waals surface area contributed by atoms with Crippen molar-refractivity contribution in [3.8, 4) is 0 Å². The van der Waals surface area contributed by atoms with Crippen molar-refractivity contribution in [1.29, 1.82) is 0 Å². The van der Waals surface area contributed by atoms with Gasteiger partial charge >= 0.3 is 0 Å². The molecule has 0 unspecified atom stereocenters. The van der Waals surface area contributed by atoms with Crippen LogP contribution >= 0.6 is 0 Å². The number of nitrogens with zero attached hydrogens (tertiary/aromatic N) is 4. The normalized spacial score (nSPS) is 28.6. The van der Waals surface area contributed by atoms with E-state index in [1.54, 1.807) is 31.5 Å². The third-order valence-electron chi connectivity index (χ3n) is 5.53. The first-order chi connectivity index (χ1) is 11.5. The van der Waals surface area contributed by atoms with Gasteiger partial charge in [0.05, 0.1) is 17.2 Å². The Morgan fingerprint density at radius 2 is 2.00 bits per heavy atom. The highest BCUT2D eigenvalue weighted by molar-refractivity contribution is 5.94. The minimum atomic E-state index is -0.346. The summed E-state index contributed by atoms with van der Waals surface area (Å²) >= 11 is 0. The summed E-state index contributed by atoms with van der Waals surface area (Å²) in [5.41, 5.74) is 0.369. The van der Waals surface area contributed by atoms with Crippen LogP contribution in [0.4, 0.5) is 0 Å². The minimum Gasteiger partial charge on any atom is -0.392 e. The van der Waals surface area contributed by atoms with Crippen molar-refractivity contribution >= 4 is 11.8 Å². The number of fused-ring (bicyclic) bond motifs is 2. The molecule has 1 spiro atoms. The Kier molecular flexibility index (Phi) is 3.58. The van der Waals surface area contributed by atoms with Gasteiger partial charge in [0.15, 0.2) is 0 Å². The number of amides is 2. The maximum atomic E-state index is 12.6. The van der Waals surface area contributed by atoms with Gasteiger partial charge in [-0.25, -0.2) is 0 Å². The van der Waals surface area contributed by atoms with E-state index in [0.717, 1.165) is 0 Å². The summed E-state index contributed by atoms with van der Waals surface area (Å²) in [5.74, 6) is 0.0393. The molecule has 4 rings (SSSR count). The fourth-order valence-electron chi connectivity index (χ4n) is 4.41. The van der Waals surface area contributed by atoms with Gasteiger partial charge in [-0.3, -0.25) is 19.5 Å². The van der Waals surface area contributed by atoms with Crippen LogP contribution in [-0.4, -0.2) is 87.0 Å². The Morgan fingerprint density at radius 3 is 2.67 bits per heavy atom. The highest BCUT2D eigenvalue weighted by atomic mass is 16.3. The molecule has 0 bridgehead atoms. The molecule has 3 aliphatic rings. The fraction of sp³-hybridized carbons (Fsp3) is 0.588. The molecule has 24 heavy (non-hydrogen) atoms. The third kappa shape index (κ3) is 2.39. The number of piperazine rings is 1. The average Bonchev–Trinajstić information content (AvgIpc) is 2.92. The van der Waals surface area contributed by atoms with Crippen molar-refractivity contribution in [2.24, 2.45) is 0 Å². The molecule has 0 radical (unpaired) electrons. The second-order valence-electron chi connectivity index (χ2n) is 7.22. The van der Waals surface area contributed by atoms with Crippen molar-refractivity contribution in [1.82, 2.24) is 19.7 Å². The molecule has 1 aromatic rings. The molecule has 2 atom stereocenters. The molecule has 1 N–H and O–H groups in total. The summed E-state index contributed by atoms with van der Waals surface area (Å²) in [5, 5.41) is 10.1. The number of aliphatic hydroxyl groups excluding tert-OH is 1. The number of pyridine rings is 1. The van der Waals surface area contributed by atoms with Crippen LogP contribution in [0.3, 0.4) is 0 Å². The van der Waals surface area contributed by atoms with Gasteiger partial charge in [0.1, 0.15) is 0 Å². The van der Waals surface area contributed by atoms with Crippen LogP contribution in [0.25, 0.3) is 0 Å². The van der Waals surface area contributed by atoms with Gasteiger partial charge in [0.2, 0.25) is 5.91 Å². The van der Waals surface area contributed by atoms with Crippen LogP contribution in [0.15, 0.2) is 24.5 Å². The van der Waals surface area contributed by atoms with Crippen molar-refractivity contribution in [2.45, 2.75) is 31.0 Å². The van der Waals surface area contributed by atoms with Crippen LogP contribution in [0.2, 0.25) is 0 Å². The van der Waals surface area contributed by atoms with Gasteiger partial charge in [0, 0.05) is 58.1 Å². The first kappa shape index (κ1) is 15.5. The van der Waals surface area contributed by atoms with E-state index >= 15 is 0 Å². The quantitative estimate of drug-likeness (QED) is 0.756. The van der Waals surface area contributed by atoms with Gasteiger partial charge in [0.25, 0.3) is 5.91 Å². The van der Waals surface area contributed by atoms with E-state index < -0.39 is 0 Å². The molecule has 2 amide bonds. The van der Waals surface area contributed by atoms with Crippen molar-refractivity contribution in [3.63, 3.8) is 0 Å². The number of carbonyl (C=O) groups is 2. The van der Waals surface area contributed by atoms with Gasteiger partial charge in [-0.2, -0.15) is 0 Å².